The van der Waals surface area contributed by atoms with Crippen molar-refractivity contribution in [2.75, 3.05) is 0 Å². The maximum atomic E-state index is 13.8. The van der Waals surface area contributed by atoms with Gasteiger partial charge in [0.05, 0.1) is 9.83 Å². The third kappa shape index (κ3) is 2.31. The molecule has 19 heavy (non-hydrogen) atoms. The summed E-state index contributed by atoms with van der Waals surface area (Å²) < 4.78 is 14.8. The Bertz CT molecular complexity index is 738. The van der Waals surface area contributed by atoms with E-state index in [-0.39, 0.29) is 11.9 Å². The Morgan fingerprint density at radius 1 is 1.00 bits per heavy atom. The Morgan fingerprint density at radius 3 is 2.42 bits per heavy atom. The third-order valence-electron chi connectivity index (χ3n) is 3.14. The fraction of sp³-hybridized carbons (Fsp3) is 0.0667. The number of fused-ring (bicyclic) bond motifs is 1. The lowest BCUT2D eigenvalue weighted by molar-refractivity contribution is 0.639. The summed E-state index contributed by atoms with van der Waals surface area (Å²) in [5, 5.41) is 1.49. The highest BCUT2D eigenvalue weighted by Crippen LogP contribution is 2.33. The predicted octanol–water partition coefficient (Wildman–Crippen LogP) is 4.85. The van der Waals surface area contributed by atoms with Crippen molar-refractivity contribution in [3.63, 3.8) is 0 Å². The van der Waals surface area contributed by atoms with Gasteiger partial charge in [0.1, 0.15) is 5.82 Å². The first-order valence-corrected chi connectivity index (χ1v) is 7.46. The van der Waals surface area contributed by atoms with Crippen molar-refractivity contribution in [1.82, 2.24) is 0 Å². The molecule has 0 fully saturated rings. The summed E-state index contributed by atoms with van der Waals surface area (Å²) in [7, 11) is 0. The van der Waals surface area contributed by atoms with Crippen LogP contribution in [0.1, 0.15) is 16.5 Å². The van der Waals surface area contributed by atoms with Crippen LogP contribution in [-0.2, 0) is 0 Å². The lowest BCUT2D eigenvalue weighted by atomic mass is 9.98. The molecule has 3 aromatic rings. The largest absolute Gasteiger partial charge is 0.320 e. The SMILES string of the molecule is NC(c1ccc(Br)s1)c1ccc(F)c2ccccc12. The molecule has 0 saturated carbocycles. The van der Waals surface area contributed by atoms with Crippen molar-refractivity contribution in [3.8, 4) is 0 Å². The smallest absolute Gasteiger partial charge is 0.131 e. The summed E-state index contributed by atoms with van der Waals surface area (Å²) in [6.07, 6.45) is 0. The maximum Gasteiger partial charge on any atom is 0.131 e. The number of thiophene rings is 1. The molecule has 4 heteroatoms. The van der Waals surface area contributed by atoms with Gasteiger partial charge in [-0.3, -0.25) is 0 Å². The van der Waals surface area contributed by atoms with Crippen LogP contribution < -0.4 is 5.73 Å². The Kier molecular flexibility index (Phi) is 3.39. The van der Waals surface area contributed by atoms with Crippen LogP contribution in [0.3, 0.4) is 0 Å². The van der Waals surface area contributed by atoms with Crippen LogP contribution in [-0.4, -0.2) is 0 Å². The van der Waals surface area contributed by atoms with Gasteiger partial charge in [-0.1, -0.05) is 30.3 Å². The van der Waals surface area contributed by atoms with Crippen molar-refractivity contribution >= 4 is 38.0 Å². The van der Waals surface area contributed by atoms with Gasteiger partial charge in [0.25, 0.3) is 0 Å². The molecular formula is C15H11BrFNS. The summed E-state index contributed by atoms with van der Waals surface area (Å²) in [6.45, 7) is 0. The highest BCUT2D eigenvalue weighted by Gasteiger charge is 2.15. The topological polar surface area (TPSA) is 26.0 Å². The standard InChI is InChI=1S/C15H11BrFNS/c16-14-8-7-13(19-14)15(18)11-5-6-12(17)10-4-2-1-3-9(10)11/h1-8,15H,18H2. The van der Waals surface area contributed by atoms with Crippen molar-refractivity contribution in [2.45, 2.75) is 6.04 Å². The fourth-order valence-corrected chi connectivity index (χ4v) is 3.65. The van der Waals surface area contributed by atoms with E-state index in [0.717, 1.165) is 19.6 Å². The van der Waals surface area contributed by atoms with E-state index in [1.165, 1.54) is 6.07 Å². The van der Waals surface area contributed by atoms with Gasteiger partial charge in [-0.15, -0.1) is 11.3 Å². The van der Waals surface area contributed by atoms with E-state index in [0.29, 0.717) is 5.39 Å². The number of nitrogens with two attached hydrogens (primary N) is 1. The molecule has 0 aliphatic carbocycles. The van der Waals surface area contributed by atoms with Gasteiger partial charge in [-0.25, -0.2) is 4.39 Å². The van der Waals surface area contributed by atoms with Crippen LogP contribution in [0.25, 0.3) is 10.8 Å². The normalized spacial score (nSPS) is 12.8. The number of benzene rings is 2. The molecule has 0 bridgehead atoms. The van der Waals surface area contributed by atoms with Gasteiger partial charge >= 0.3 is 0 Å². The third-order valence-corrected chi connectivity index (χ3v) is 4.85. The lowest BCUT2D eigenvalue weighted by Gasteiger charge is -2.13. The van der Waals surface area contributed by atoms with Gasteiger partial charge in [-0.2, -0.15) is 0 Å². The van der Waals surface area contributed by atoms with Crippen molar-refractivity contribution < 1.29 is 4.39 Å². The van der Waals surface area contributed by atoms with Crippen molar-refractivity contribution in [1.29, 1.82) is 0 Å². The zero-order chi connectivity index (χ0) is 13.4. The molecule has 96 valence electrons. The van der Waals surface area contributed by atoms with E-state index in [2.05, 4.69) is 15.9 Å². The van der Waals surface area contributed by atoms with E-state index in [9.17, 15) is 4.39 Å². The molecule has 0 radical (unpaired) electrons. The van der Waals surface area contributed by atoms with Crippen molar-refractivity contribution in [2.24, 2.45) is 5.73 Å². The molecule has 1 heterocycles. The monoisotopic (exact) mass is 335 g/mol. The highest BCUT2D eigenvalue weighted by atomic mass is 79.9. The predicted molar refractivity (Wildman–Crippen MR) is 82.0 cm³/mol. The molecule has 0 aliphatic heterocycles. The van der Waals surface area contributed by atoms with E-state index < -0.39 is 0 Å². The second-order valence-electron chi connectivity index (χ2n) is 4.30. The molecule has 2 aromatic carbocycles. The molecule has 0 spiro atoms. The molecule has 1 atom stereocenters. The molecule has 0 saturated heterocycles. The number of halogens is 2. The quantitative estimate of drug-likeness (QED) is 0.711. The minimum Gasteiger partial charge on any atom is -0.320 e. The second-order valence-corrected chi connectivity index (χ2v) is 6.80. The van der Waals surface area contributed by atoms with Gasteiger partial charge in [0.2, 0.25) is 0 Å². The minimum atomic E-state index is -0.234. The van der Waals surface area contributed by atoms with Crippen LogP contribution >= 0.6 is 27.3 Å². The summed E-state index contributed by atoms with van der Waals surface area (Å²) in [5.74, 6) is -0.209. The Morgan fingerprint density at radius 2 is 1.74 bits per heavy atom. The van der Waals surface area contributed by atoms with Gasteiger partial charge < -0.3 is 5.73 Å². The summed E-state index contributed by atoms with van der Waals surface area (Å²) in [5.41, 5.74) is 7.26. The maximum absolute atomic E-state index is 13.8. The van der Waals surface area contributed by atoms with Gasteiger partial charge in [-0.05, 0) is 45.1 Å². The molecule has 1 nitrogen and oxygen atoms in total. The molecule has 2 N–H and O–H groups in total. The van der Waals surface area contributed by atoms with E-state index in [1.54, 1.807) is 23.5 Å². The zero-order valence-electron chi connectivity index (χ0n) is 9.94. The van der Waals surface area contributed by atoms with Crippen molar-refractivity contribution in [3.05, 3.63) is 68.6 Å². The molecule has 0 aliphatic rings. The summed E-state index contributed by atoms with van der Waals surface area (Å²) in [4.78, 5) is 1.06. The summed E-state index contributed by atoms with van der Waals surface area (Å²) >= 11 is 5.04. The molecule has 1 unspecified atom stereocenters. The Labute approximate surface area is 123 Å². The molecular weight excluding hydrogens is 325 g/mol. The van der Waals surface area contributed by atoms with Crippen LogP contribution in [0.5, 0.6) is 0 Å². The zero-order valence-corrected chi connectivity index (χ0v) is 12.3. The van der Waals surface area contributed by atoms with Crippen LogP contribution in [0.2, 0.25) is 0 Å². The first-order chi connectivity index (χ1) is 9.16. The lowest BCUT2D eigenvalue weighted by Crippen LogP contribution is -2.10. The molecule has 0 amide bonds. The number of hydrogen-bond acceptors (Lipinski definition) is 2. The van der Waals surface area contributed by atoms with E-state index in [4.69, 9.17) is 5.73 Å². The van der Waals surface area contributed by atoms with E-state index in [1.807, 2.05) is 30.3 Å². The Balaban J connectivity index is 2.18. The number of hydrogen-bond donors (Lipinski definition) is 1. The average Bonchev–Trinajstić information content (AvgIpc) is 2.86. The number of rotatable bonds is 2. The molecule has 3 rings (SSSR count). The fourth-order valence-electron chi connectivity index (χ4n) is 2.21. The first-order valence-electron chi connectivity index (χ1n) is 5.85. The van der Waals surface area contributed by atoms with E-state index >= 15 is 0 Å². The highest BCUT2D eigenvalue weighted by molar-refractivity contribution is 9.11. The van der Waals surface area contributed by atoms with Crippen LogP contribution in [0.15, 0.2) is 52.3 Å². The molecule has 1 aromatic heterocycles. The Hall–Kier alpha value is -1.23. The average molecular weight is 336 g/mol. The van der Waals surface area contributed by atoms with Crippen LogP contribution in [0, 0.1) is 5.82 Å². The van der Waals surface area contributed by atoms with Gasteiger partial charge in [0, 0.05) is 10.3 Å². The van der Waals surface area contributed by atoms with Crippen LogP contribution in [0.4, 0.5) is 4.39 Å². The minimum absolute atomic E-state index is 0.209. The summed E-state index contributed by atoms with van der Waals surface area (Å²) in [6, 6.07) is 14.4. The second kappa shape index (κ2) is 5.04. The first kappa shape index (κ1) is 12.8. The van der Waals surface area contributed by atoms with Gasteiger partial charge in [0.15, 0.2) is 0 Å².